The van der Waals surface area contributed by atoms with Crippen LogP contribution in [-0.2, 0) is 16.1 Å². The fourth-order valence-electron chi connectivity index (χ4n) is 1.74. The number of hydrogen-bond donors (Lipinski definition) is 1. The van der Waals surface area contributed by atoms with Gasteiger partial charge in [0.05, 0.1) is 0 Å². The minimum Gasteiger partial charge on any atom is -0.481 e. The van der Waals surface area contributed by atoms with Crippen LogP contribution >= 0.6 is 11.6 Å². The molecular formula is C14H18ClNO3. The highest BCUT2D eigenvalue weighted by atomic mass is 35.5. The van der Waals surface area contributed by atoms with E-state index in [0.29, 0.717) is 30.8 Å². The van der Waals surface area contributed by atoms with Crippen molar-refractivity contribution in [3.8, 4) is 0 Å². The Hall–Kier alpha value is -1.55. The minimum atomic E-state index is -0.820. The second-order valence-electron chi connectivity index (χ2n) is 4.48. The molecule has 0 heterocycles. The predicted octanol–water partition coefficient (Wildman–Crippen LogP) is 2.94. The summed E-state index contributed by atoms with van der Waals surface area (Å²) in [5.41, 5.74) is 0.980. The van der Waals surface area contributed by atoms with Crippen LogP contribution in [0.3, 0.4) is 0 Å². The lowest BCUT2D eigenvalue weighted by Crippen LogP contribution is -2.25. The maximum atomic E-state index is 11.8. The number of carboxylic acid groups (broad SMARTS) is 1. The van der Waals surface area contributed by atoms with E-state index in [1.165, 1.54) is 0 Å². The van der Waals surface area contributed by atoms with E-state index in [4.69, 9.17) is 16.7 Å². The van der Waals surface area contributed by atoms with Crippen molar-refractivity contribution in [2.75, 3.05) is 7.05 Å². The second kappa shape index (κ2) is 7.79. The standard InChI is InChI=1S/C14H18ClNO3/c1-16(10-11-5-4-6-12(15)9-11)13(17)7-2-3-8-14(18)19/h4-6,9H,2-3,7-8,10H2,1H3,(H,18,19). The van der Waals surface area contributed by atoms with Crippen molar-refractivity contribution in [3.63, 3.8) is 0 Å². The quantitative estimate of drug-likeness (QED) is 0.783. The first-order valence-corrected chi connectivity index (χ1v) is 6.57. The van der Waals surface area contributed by atoms with Crippen molar-refractivity contribution in [2.24, 2.45) is 0 Å². The maximum Gasteiger partial charge on any atom is 0.303 e. The molecule has 0 aliphatic rings. The van der Waals surface area contributed by atoms with Crippen LogP contribution in [0.4, 0.5) is 0 Å². The first-order valence-electron chi connectivity index (χ1n) is 6.19. The van der Waals surface area contributed by atoms with Gasteiger partial charge >= 0.3 is 5.97 Å². The smallest absolute Gasteiger partial charge is 0.303 e. The van der Waals surface area contributed by atoms with Gasteiger partial charge in [0.2, 0.25) is 5.91 Å². The summed E-state index contributed by atoms with van der Waals surface area (Å²) >= 11 is 5.88. The number of carboxylic acids is 1. The van der Waals surface area contributed by atoms with Crippen LogP contribution in [0.15, 0.2) is 24.3 Å². The minimum absolute atomic E-state index is 0.0189. The molecule has 104 valence electrons. The average molecular weight is 284 g/mol. The molecule has 0 saturated heterocycles. The van der Waals surface area contributed by atoms with Crippen molar-refractivity contribution in [3.05, 3.63) is 34.9 Å². The summed E-state index contributed by atoms with van der Waals surface area (Å²) in [5.74, 6) is -0.801. The molecule has 0 aliphatic carbocycles. The highest BCUT2D eigenvalue weighted by molar-refractivity contribution is 6.30. The fraction of sp³-hybridized carbons (Fsp3) is 0.429. The molecule has 0 atom stereocenters. The number of unbranched alkanes of at least 4 members (excludes halogenated alkanes) is 1. The Labute approximate surface area is 118 Å². The summed E-state index contributed by atoms with van der Waals surface area (Å²) < 4.78 is 0. The highest BCUT2D eigenvalue weighted by Gasteiger charge is 2.09. The molecule has 0 radical (unpaired) electrons. The number of nitrogens with zero attached hydrogens (tertiary/aromatic N) is 1. The van der Waals surface area contributed by atoms with Gasteiger partial charge in [0.25, 0.3) is 0 Å². The summed E-state index contributed by atoms with van der Waals surface area (Å²) in [6.07, 6.45) is 1.63. The predicted molar refractivity (Wildman–Crippen MR) is 74.0 cm³/mol. The number of halogens is 1. The summed E-state index contributed by atoms with van der Waals surface area (Å²) in [4.78, 5) is 23.8. The summed E-state index contributed by atoms with van der Waals surface area (Å²) in [6.45, 7) is 0.512. The van der Waals surface area contributed by atoms with Crippen molar-refractivity contribution < 1.29 is 14.7 Å². The lowest BCUT2D eigenvalue weighted by molar-refractivity contribution is -0.137. The molecule has 0 fully saturated rings. The molecule has 0 aliphatic heterocycles. The zero-order valence-corrected chi connectivity index (χ0v) is 11.7. The Morgan fingerprint density at radius 1 is 1.26 bits per heavy atom. The van der Waals surface area contributed by atoms with E-state index in [2.05, 4.69) is 0 Å². The molecule has 4 nitrogen and oxygen atoms in total. The molecule has 19 heavy (non-hydrogen) atoms. The van der Waals surface area contributed by atoms with Crippen molar-refractivity contribution in [1.29, 1.82) is 0 Å². The van der Waals surface area contributed by atoms with Gasteiger partial charge in [-0.25, -0.2) is 0 Å². The SMILES string of the molecule is CN(Cc1cccc(Cl)c1)C(=O)CCCCC(=O)O. The van der Waals surface area contributed by atoms with Gasteiger partial charge in [-0.15, -0.1) is 0 Å². The van der Waals surface area contributed by atoms with E-state index >= 15 is 0 Å². The van der Waals surface area contributed by atoms with E-state index in [1.54, 1.807) is 18.0 Å². The van der Waals surface area contributed by atoms with Crippen LogP contribution in [-0.4, -0.2) is 28.9 Å². The molecular weight excluding hydrogens is 266 g/mol. The second-order valence-corrected chi connectivity index (χ2v) is 4.92. The van der Waals surface area contributed by atoms with Gasteiger partial charge in [0, 0.05) is 31.5 Å². The first-order chi connectivity index (χ1) is 8.99. The molecule has 1 amide bonds. The first kappa shape index (κ1) is 15.5. The Morgan fingerprint density at radius 3 is 2.58 bits per heavy atom. The molecule has 0 spiro atoms. The third-order valence-corrected chi connectivity index (χ3v) is 3.00. The van der Waals surface area contributed by atoms with Gasteiger partial charge in [0.1, 0.15) is 0 Å². The normalized spacial score (nSPS) is 10.2. The molecule has 0 unspecified atom stereocenters. The van der Waals surface area contributed by atoms with Gasteiger partial charge in [-0.1, -0.05) is 23.7 Å². The van der Waals surface area contributed by atoms with Crippen LogP contribution in [0, 0.1) is 0 Å². The molecule has 0 bridgehead atoms. The topological polar surface area (TPSA) is 57.6 Å². The number of rotatable bonds is 7. The Kier molecular flexibility index (Phi) is 6.36. The zero-order chi connectivity index (χ0) is 14.3. The van der Waals surface area contributed by atoms with Crippen LogP contribution in [0.5, 0.6) is 0 Å². The third-order valence-electron chi connectivity index (χ3n) is 2.77. The van der Waals surface area contributed by atoms with Crippen molar-refractivity contribution in [2.45, 2.75) is 32.2 Å². The molecule has 5 heteroatoms. The van der Waals surface area contributed by atoms with E-state index in [1.807, 2.05) is 18.2 Å². The fourth-order valence-corrected chi connectivity index (χ4v) is 1.95. The van der Waals surface area contributed by atoms with Gasteiger partial charge in [-0.2, -0.15) is 0 Å². The lowest BCUT2D eigenvalue weighted by atomic mass is 10.1. The van der Waals surface area contributed by atoms with Gasteiger partial charge in [-0.3, -0.25) is 9.59 Å². The summed E-state index contributed by atoms with van der Waals surface area (Å²) in [5, 5.41) is 9.15. The molecule has 0 aromatic heterocycles. The van der Waals surface area contributed by atoms with Crippen molar-refractivity contribution >= 4 is 23.5 Å². The van der Waals surface area contributed by atoms with E-state index in [-0.39, 0.29) is 12.3 Å². The number of benzene rings is 1. The van der Waals surface area contributed by atoms with Gasteiger partial charge < -0.3 is 10.0 Å². The number of carbonyl (C=O) groups is 2. The maximum absolute atomic E-state index is 11.8. The average Bonchev–Trinajstić information content (AvgIpc) is 2.34. The van der Waals surface area contributed by atoms with Crippen LogP contribution in [0.2, 0.25) is 5.02 Å². The van der Waals surface area contributed by atoms with E-state index in [9.17, 15) is 9.59 Å². The number of carbonyl (C=O) groups excluding carboxylic acids is 1. The zero-order valence-electron chi connectivity index (χ0n) is 10.9. The van der Waals surface area contributed by atoms with E-state index in [0.717, 1.165) is 5.56 Å². The monoisotopic (exact) mass is 283 g/mol. The lowest BCUT2D eigenvalue weighted by Gasteiger charge is -2.17. The Bertz CT molecular complexity index is 448. The molecule has 1 N–H and O–H groups in total. The summed E-state index contributed by atoms with van der Waals surface area (Å²) in [7, 11) is 1.74. The molecule has 1 aromatic rings. The highest BCUT2D eigenvalue weighted by Crippen LogP contribution is 2.13. The summed E-state index contributed by atoms with van der Waals surface area (Å²) in [6, 6.07) is 7.39. The van der Waals surface area contributed by atoms with Crippen molar-refractivity contribution in [1.82, 2.24) is 4.90 Å². The van der Waals surface area contributed by atoms with Crippen LogP contribution in [0.25, 0.3) is 0 Å². The van der Waals surface area contributed by atoms with Crippen LogP contribution < -0.4 is 0 Å². The van der Waals surface area contributed by atoms with Crippen LogP contribution in [0.1, 0.15) is 31.2 Å². The molecule has 1 rings (SSSR count). The molecule has 1 aromatic carbocycles. The van der Waals surface area contributed by atoms with E-state index < -0.39 is 5.97 Å². The third kappa shape index (κ3) is 6.25. The number of hydrogen-bond acceptors (Lipinski definition) is 2. The molecule has 0 saturated carbocycles. The Balaban J connectivity index is 2.34. The number of amides is 1. The van der Waals surface area contributed by atoms with Gasteiger partial charge in [-0.05, 0) is 30.5 Å². The Morgan fingerprint density at radius 2 is 1.95 bits per heavy atom. The number of aliphatic carboxylic acids is 1. The van der Waals surface area contributed by atoms with Gasteiger partial charge in [0.15, 0.2) is 0 Å². The largest absolute Gasteiger partial charge is 0.481 e.